The Hall–Kier alpha value is -0.890. The van der Waals surface area contributed by atoms with Crippen molar-refractivity contribution in [2.24, 2.45) is 0 Å². The molecule has 0 aromatic carbocycles. The molecular formula is C29H58O11. The highest BCUT2D eigenvalue weighted by atomic mass is 16.6. The van der Waals surface area contributed by atoms with E-state index in [-0.39, 0.29) is 12.6 Å². The summed E-state index contributed by atoms with van der Waals surface area (Å²) in [7, 11) is 0. The fraction of sp³-hybridized carbons (Fsp3) is 0.966. The first-order valence-corrected chi connectivity index (χ1v) is 15.2. The molecule has 0 aromatic heterocycles. The second kappa shape index (κ2) is 36.1. The molecule has 0 bridgehead atoms. The van der Waals surface area contributed by atoms with E-state index in [9.17, 15) is 4.79 Å². The predicted octanol–water partition coefficient (Wildman–Crippen LogP) is 3.45. The summed E-state index contributed by atoms with van der Waals surface area (Å²) in [5.41, 5.74) is 0. The Morgan fingerprint density at radius 1 is 0.350 bits per heavy atom. The standard InChI is InChI=1S/C29H58O11/c1-3-5-6-7-8-10-31-11-12-32-13-14-33-15-16-34-17-18-35-19-20-36-21-22-37-23-24-38-25-26-39-27-28-40-29(30)9-4-2/h3-28H2,1-2H3. The second-order valence-corrected chi connectivity index (χ2v) is 8.90. The summed E-state index contributed by atoms with van der Waals surface area (Å²) in [6, 6.07) is 0. The van der Waals surface area contributed by atoms with E-state index >= 15 is 0 Å². The van der Waals surface area contributed by atoms with Crippen LogP contribution in [0.5, 0.6) is 0 Å². The van der Waals surface area contributed by atoms with Crippen LogP contribution in [0.25, 0.3) is 0 Å². The van der Waals surface area contributed by atoms with Crippen LogP contribution in [0.4, 0.5) is 0 Å². The summed E-state index contributed by atoms with van der Waals surface area (Å²) in [6.45, 7) is 14.1. The monoisotopic (exact) mass is 582 g/mol. The Balaban J connectivity index is 3.04. The molecule has 0 saturated carbocycles. The summed E-state index contributed by atoms with van der Waals surface area (Å²) < 4.78 is 54.1. The highest BCUT2D eigenvalue weighted by molar-refractivity contribution is 5.69. The van der Waals surface area contributed by atoms with Gasteiger partial charge in [0.05, 0.1) is 112 Å². The highest BCUT2D eigenvalue weighted by Crippen LogP contribution is 2.02. The van der Waals surface area contributed by atoms with Crippen molar-refractivity contribution in [3.63, 3.8) is 0 Å². The molecule has 0 spiro atoms. The first-order valence-electron chi connectivity index (χ1n) is 15.2. The molecular weight excluding hydrogens is 524 g/mol. The van der Waals surface area contributed by atoms with Crippen molar-refractivity contribution in [1.82, 2.24) is 0 Å². The Bertz CT molecular complexity index is 483. The zero-order valence-electron chi connectivity index (χ0n) is 25.4. The van der Waals surface area contributed by atoms with Crippen molar-refractivity contribution >= 4 is 5.97 Å². The van der Waals surface area contributed by atoms with Crippen molar-refractivity contribution in [2.75, 3.05) is 126 Å². The Morgan fingerprint density at radius 3 is 0.975 bits per heavy atom. The smallest absolute Gasteiger partial charge is 0.305 e. The van der Waals surface area contributed by atoms with Crippen molar-refractivity contribution in [3.8, 4) is 0 Å². The van der Waals surface area contributed by atoms with E-state index in [1.807, 2.05) is 6.92 Å². The molecule has 0 amide bonds. The SMILES string of the molecule is CCCCCCCOCCOCCOCCOCCOCCOCCOCCOCCOCCOC(=O)CCC. The summed E-state index contributed by atoms with van der Waals surface area (Å²) in [5.74, 6) is -0.184. The third-order valence-corrected chi connectivity index (χ3v) is 5.31. The lowest BCUT2D eigenvalue weighted by molar-refractivity contribution is -0.145. The van der Waals surface area contributed by atoms with Crippen LogP contribution in [0, 0.1) is 0 Å². The maximum Gasteiger partial charge on any atom is 0.305 e. The van der Waals surface area contributed by atoms with E-state index < -0.39 is 0 Å². The van der Waals surface area contributed by atoms with Gasteiger partial charge >= 0.3 is 5.97 Å². The van der Waals surface area contributed by atoms with Gasteiger partial charge in [0.25, 0.3) is 0 Å². The van der Waals surface area contributed by atoms with E-state index in [1.54, 1.807) is 0 Å². The van der Waals surface area contributed by atoms with E-state index in [0.29, 0.717) is 119 Å². The van der Waals surface area contributed by atoms with Gasteiger partial charge in [-0.1, -0.05) is 39.5 Å². The maximum atomic E-state index is 11.2. The molecule has 40 heavy (non-hydrogen) atoms. The van der Waals surface area contributed by atoms with Gasteiger partial charge in [0, 0.05) is 13.0 Å². The molecule has 0 rings (SSSR count). The molecule has 0 radical (unpaired) electrons. The van der Waals surface area contributed by atoms with Crippen LogP contribution in [-0.4, -0.2) is 132 Å². The lowest BCUT2D eigenvalue weighted by Crippen LogP contribution is -2.15. The van der Waals surface area contributed by atoms with Gasteiger partial charge in [-0.3, -0.25) is 4.79 Å². The number of esters is 1. The summed E-state index contributed by atoms with van der Waals surface area (Å²) in [5, 5.41) is 0. The number of unbranched alkanes of at least 4 members (excludes halogenated alkanes) is 4. The first kappa shape index (κ1) is 39.1. The van der Waals surface area contributed by atoms with Gasteiger partial charge in [0.2, 0.25) is 0 Å². The summed E-state index contributed by atoms with van der Waals surface area (Å²) in [6.07, 6.45) is 7.51. The van der Waals surface area contributed by atoms with Gasteiger partial charge in [0.1, 0.15) is 6.61 Å². The van der Waals surface area contributed by atoms with Gasteiger partial charge in [0.15, 0.2) is 0 Å². The van der Waals surface area contributed by atoms with Crippen LogP contribution in [0.1, 0.15) is 58.8 Å². The normalized spacial score (nSPS) is 11.3. The van der Waals surface area contributed by atoms with E-state index in [0.717, 1.165) is 19.4 Å². The number of hydrogen-bond donors (Lipinski definition) is 0. The minimum absolute atomic E-state index is 0.184. The Morgan fingerprint density at radius 2 is 0.650 bits per heavy atom. The van der Waals surface area contributed by atoms with Gasteiger partial charge in [-0.25, -0.2) is 0 Å². The molecule has 0 aromatic rings. The first-order chi connectivity index (χ1) is 19.8. The number of hydrogen-bond acceptors (Lipinski definition) is 11. The molecule has 0 saturated heterocycles. The van der Waals surface area contributed by atoms with Crippen LogP contribution in [-0.2, 0) is 52.2 Å². The molecule has 0 unspecified atom stereocenters. The average molecular weight is 583 g/mol. The lowest BCUT2D eigenvalue weighted by Gasteiger charge is -2.09. The molecule has 240 valence electrons. The zero-order chi connectivity index (χ0) is 29.0. The third-order valence-electron chi connectivity index (χ3n) is 5.31. The molecule has 0 aliphatic carbocycles. The lowest BCUT2D eigenvalue weighted by atomic mass is 10.2. The molecule has 0 aliphatic rings. The van der Waals surface area contributed by atoms with Gasteiger partial charge in [-0.15, -0.1) is 0 Å². The van der Waals surface area contributed by atoms with Crippen molar-refractivity contribution in [1.29, 1.82) is 0 Å². The van der Waals surface area contributed by atoms with Gasteiger partial charge in [-0.05, 0) is 12.8 Å². The van der Waals surface area contributed by atoms with E-state index in [1.165, 1.54) is 25.7 Å². The van der Waals surface area contributed by atoms with Crippen molar-refractivity contribution in [3.05, 3.63) is 0 Å². The van der Waals surface area contributed by atoms with Crippen molar-refractivity contribution < 1.29 is 52.2 Å². The van der Waals surface area contributed by atoms with Crippen LogP contribution in [0.15, 0.2) is 0 Å². The Kier molecular flexibility index (Phi) is 35.3. The number of carbonyl (C=O) groups is 1. The summed E-state index contributed by atoms with van der Waals surface area (Å²) in [4.78, 5) is 11.2. The fourth-order valence-electron chi connectivity index (χ4n) is 3.16. The molecule has 0 fully saturated rings. The molecule has 0 heterocycles. The molecule has 11 heteroatoms. The highest BCUT2D eigenvalue weighted by Gasteiger charge is 2.00. The van der Waals surface area contributed by atoms with Crippen LogP contribution >= 0.6 is 0 Å². The quantitative estimate of drug-likeness (QED) is 0.0810. The van der Waals surface area contributed by atoms with Crippen molar-refractivity contribution in [2.45, 2.75) is 58.8 Å². The molecule has 11 nitrogen and oxygen atoms in total. The number of carbonyl (C=O) groups excluding carboxylic acids is 1. The predicted molar refractivity (Wildman–Crippen MR) is 152 cm³/mol. The van der Waals surface area contributed by atoms with Crippen LogP contribution in [0.2, 0.25) is 0 Å². The number of rotatable bonds is 35. The van der Waals surface area contributed by atoms with Crippen LogP contribution in [0.3, 0.4) is 0 Å². The van der Waals surface area contributed by atoms with Crippen LogP contribution < -0.4 is 0 Å². The minimum Gasteiger partial charge on any atom is -0.463 e. The molecule has 0 atom stereocenters. The molecule has 0 N–H and O–H groups in total. The third kappa shape index (κ3) is 35.1. The topological polar surface area (TPSA) is 109 Å². The average Bonchev–Trinajstić information content (AvgIpc) is 2.95. The fourth-order valence-corrected chi connectivity index (χ4v) is 3.16. The molecule has 0 aliphatic heterocycles. The largest absolute Gasteiger partial charge is 0.463 e. The number of ether oxygens (including phenoxy) is 10. The van der Waals surface area contributed by atoms with E-state index in [2.05, 4.69) is 6.92 Å². The Labute approximate surface area is 242 Å². The van der Waals surface area contributed by atoms with E-state index in [4.69, 9.17) is 47.4 Å². The maximum absolute atomic E-state index is 11.2. The second-order valence-electron chi connectivity index (χ2n) is 8.90. The minimum atomic E-state index is -0.184. The summed E-state index contributed by atoms with van der Waals surface area (Å²) >= 11 is 0. The van der Waals surface area contributed by atoms with Gasteiger partial charge in [-0.2, -0.15) is 0 Å². The van der Waals surface area contributed by atoms with Gasteiger partial charge < -0.3 is 47.4 Å². The zero-order valence-corrected chi connectivity index (χ0v) is 25.4.